The number of rotatable bonds is 1. The van der Waals surface area contributed by atoms with Crippen LogP contribution in [0.1, 0.15) is 33.1 Å². The van der Waals surface area contributed by atoms with E-state index in [1.54, 1.807) is 0 Å². The van der Waals surface area contributed by atoms with Gasteiger partial charge in [0.25, 0.3) is 0 Å². The standard InChI is InChI=1S/C10H16N2/c1-10(2)8(7-11)5-6-12(10)9-3-4-9/h8-9H,3-6H2,1-2H3. The summed E-state index contributed by atoms with van der Waals surface area (Å²) in [5.74, 6) is 0.248. The molecule has 0 aromatic rings. The molecule has 0 aromatic heterocycles. The van der Waals surface area contributed by atoms with Crippen molar-refractivity contribution in [2.24, 2.45) is 5.92 Å². The Morgan fingerprint density at radius 3 is 2.42 bits per heavy atom. The van der Waals surface area contributed by atoms with E-state index in [4.69, 9.17) is 5.26 Å². The van der Waals surface area contributed by atoms with Gasteiger partial charge in [0, 0.05) is 18.1 Å². The van der Waals surface area contributed by atoms with E-state index >= 15 is 0 Å². The summed E-state index contributed by atoms with van der Waals surface area (Å²) in [6.07, 6.45) is 3.77. The smallest absolute Gasteiger partial charge is 0.0675 e. The molecule has 0 amide bonds. The zero-order chi connectivity index (χ0) is 8.77. The summed E-state index contributed by atoms with van der Waals surface area (Å²) in [6, 6.07) is 3.23. The number of likely N-dealkylation sites (tertiary alicyclic amines) is 1. The van der Waals surface area contributed by atoms with Crippen LogP contribution in [0.15, 0.2) is 0 Å². The summed E-state index contributed by atoms with van der Waals surface area (Å²) in [4.78, 5) is 2.53. The van der Waals surface area contributed by atoms with Gasteiger partial charge in [0.2, 0.25) is 0 Å². The fraction of sp³-hybridized carbons (Fsp3) is 0.900. The van der Waals surface area contributed by atoms with Crippen LogP contribution in [-0.2, 0) is 0 Å². The molecule has 2 aliphatic rings. The Hall–Kier alpha value is -0.550. The highest BCUT2D eigenvalue weighted by molar-refractivity contribution is 5.08. The molecule has 1 aliphatic heterocycles. The van der Waals surface area contributed by atoms with E-state index in [1.165, 1.54) is 12.8 Å². The minimum absolute atomic E-state index is 0.135. The molecule has 66 valence electrons. The first-order valence-electron chi connectivity index (χ1n) is 4.82. The lowest BCUT2D eigenvalue weighted by Crippen LogP contribution is -2.43. The third-order valence-electron chi connectivity index (χ3n) is 3.40. The average Bonchev–Trinajstić information content (AvgIpc) is 2.76. The Morgan fingerprint density at radius 1 is 1.33 bits per heavy atom. The first-order chi connectivity index (χ1) is 5.66. The maximum absolute atomic E-state index is 8.94. The Bertz CT molecular complexity index is 222. The molecular weight excluding hydrogens is 148 g/mol. The molecule has 12 heavy (non-hydrogen) atoms. The zero-order valence-corrected chi connectivity index (χ0v) is 7.88. The molecule has 1 atom stereocenters. The van der Waals surface area contributed by atoms with E-state index in [1.807, 2.05) is 0 Å². The molecule has 0 N–H and O–H groups in total. The SMILES string of the molecule is CC1(C)C(C#N)CCN1C1CC1. The van der Waals surface area contributed by atoms with Gasteiger partial charge in [-0.3, -0.25) is 4.90 Å². The van der Waals surface area contributed by atoms with E-state index < -0.39 is 0 Å². The molecule has 1 unspecified atom stereocenters. The fourth-order valence-corrected chi connectivity index (χ4v) is 2.37. The van der Waals surface area contributed by atoms with Crippen molar-refractivity contribution in [3.8, 4) is 6.07 Å². The van der Waals surface area contributed by atoms with Crippen molar-refractivity contribution < 1.29 is 0 Å². The quantitative estimate of drug-likeness (QED) is 0.590. The first kappa shape index (κ1) is 8.07. The molecule has 0 bridgehead atoms. The molecule has 0 spiro atoms. The van der Waals surface area contributed by atoms with Crippen LogP contribution in [0.4, 0.5) is 0 Å². The number of hydrogen-bond acceptors (Lipinski definition) is 2. The summed E-state index contributed by atoms with van der Waals surface area (Å²) < 4.78 is 0. The first-order valence-corrected chi connectivity index (χ1v) is 4.82. The van der Waals surface area contributed by atoms with Gasteiger partial charge in [-0.25, -0.2) is 0 Å². The van der Waals surface area contributed by atoms with Gasteiger partial charge < -0.3 is 0 Å². The highest BCUT2D eigenvalue weighted by Crippen LogP contribution is 2.41. The monoisotopic (exact) mass is 164 g/mol. The van der Waals surface area contributed by atoms with Gasteiger partial charge in [0.05, 0.1) is 12.0 Å². The number of nitrogens with zero attached hydrogens (tertiary/aromatic N) is 2. The van der Waals surface area contributed by atoms with Crippen molar-refractivity contribution in [1.29, 1.82) is 5.26 Å². The van der Waals surface area contributed by atoms with Crippen LogP contribution in [0.5, 0.6) is 0 Å². The van der Waals surface area contributed by atoms with Gasteiger partial charge in [0.1, 0.15) is 0 Å². The number of hydrogen-bond donors (Lipinski definition) is 0. The fourth-order valence-electron chi connectivity index (χ4n) is 2.37. The Balaban J connectivity index is 2.14. The van der Waals surface area contributed by atoms with E-state index in [9.17, 15) is 0 Å². The highest BCUT2D eigenvalue weighted by Gasteiger charge is 2.47. The average molecular weight is 164 g/mol. The van der Waals surface area contributed by atoms with Gasteiger partial charge in [-0.2, -0.15) is 5.26 Å². The van der Waals surface area contributed by atoms with Gasteiger partial charge in [-0.05, 0) is 33.1 Å². The van der Waals surface area contributed by atoms with Crippen LogP contribution in [0.2, 0.25) is 0 Å². The Morgan fingerprint density at radius 2 is 2.00 bits per heavy atom. The molecule has 1 saturated heterocycles. The van der Waals surface area contributed by atoms with Crippen LogP contribution in [0.3, 0.4) is 0 Å². The van der Waals surface area contributed by atoms with E-state index in [2.05, 4.69) is 24.8 Å². The van der Waals surface area contributed by atoms with Crippen LogP contribution >= 0.6 is 0 Å². The van der Waals surface area contributed by atoms with Gasteiger partial charge in [0.15, 0.2) is 0 Å². The molecule has 1 saturated carbocycles. The molecular formula is C10H16N2. The van der Waals surface area contributed by atoms with Crippen molar-refractivity contribution in [3.05, 3.63) is 0 Å². The topological polar surface area (TPSA) is 27.0 Å². The molecule has 1 aliphatic carbocycles. The van der Waals surface area contributed by atoms with Crippen LogP contribution in [0.25, 0.3) is 0 Å². The molecule has 2 nitrogen and oxygen atoms in total. The summed E-state index contributed by atoms with van der Waals surface area (Å²) in [7, 11) is 0. The zero-order valence-electron chi connectivity index (χ0n) is 7.88. The summed E-state index contributed by atoms with van der Waals surface area (Å²) in [5, 5.41) is 8.94. The second-order valence-corrected chi connectivity index (χ2v) is 4.55. The third kappa shape index (κ3) is 1.04. The van der Waals surface area contributed by atoms with E-state index in [0.29, 0.717) is 0 Å². The molecule has 1 heterocycles. The lowest BCUT2D eigenvalue weighted by Gasteiger charge is -2.33. The minimum Gasteiger partial charge on any atom is -0.294 e. The van der Waals surface area contributed by atoms with E-state index in [-0.39, 0.29) is 11.5 Å². The van der Waals surface area contributed by atoms with Crippen LogP contribution in [-0.4, -0.2) is 23.0 Å². The maximum atomic E-state index is 8.94. The van der Waals surface area contributed by atoms with Crippen molar-refractivity contribution in [1.82, 2.24) is 4.90 Å². The molecule has 0 radical (unpaired) electrons. The maximum Gasteiger partial charge on any atom is 0.0675 e. The van der Waals surface area contributed by atoms with Gasteiger partial charge in [-0.1, -0.05) is 0 Å². The third-order valence-corrected chi connectivity index (χ3v) is 3.40. The summed E-state index contributed by atoms with van der Waals surface area (Å²) in [6.45, 7) is 5.56. The predicted octanol–water partition coefficient (Wildman–Crippen LogP) is 1.77. The van der Waals surface area contributed by atoms with Crippen molar-refractivity contribution in [2.45, 2.75) is 44.7 Å². The Kier molecular flexibility index (Phi) is 1.66. The minimum atomic E-state index is 0.135. The second-order valence-electron chi connectivity index (χ2n) is 4.55. The molecule has 2 heteroatoms. The normalized spacial score (nSPS) is 34.9. The summed E-state index contributed by atoms with van der Waals surface area (Å²) >= 11 is 0. The highest BCUT2D eigenvalue weighted by atomic mass is 15.3. The lowest BCUT2D eigenvalue weighted by atomic mass is 9.90. The molecule has 2 fully saturated rings. The molecule has 2 rings (SSSR count). The van der Waals surface area contributed by atoms with E-state index in [0.717, 1.165) is 19.0 Å². The van der Waals surface area contributed by atoms with Crippen molar-refractivity contribution in [2.75, 3.05) is 6.54 Å². The number of nitriles is 1. The van der Waals surface area contributed by atoms with Gasteiger partial charge in [-0.15, -0.1) is 0 Å². The van der Waals surface area contributed by atoms with Crippen molar-refractivity contribution in [3.63, 3.8) is 0 Å². The van der Waals surface area contributed by atoms with Crippen molar-refractivity contribution >= 4 is 0 Å². The lowest BCUT2D eigenvalue weighted by molar-refractivity contribution is 0.147. The second kappa shape index (κ2) is 2.47. The molecule has 0 aromatic carbocycles. The largest absolute Gasteiger partial charge is 0.294 e. The summed E-state index contributed by atoms with van der Waals surface area (Å²) in [5.41, 5.74) is 0.135. The Labute approximate surface area is 74.2 Å². The van der Waals surface area contributed by atoms with Crippen LogP contribution < -0.4 is 0 Å². The predicted molar refractivity (Wildman–Crippen MR) is 47.5 cm³/mol. The van der Waals surface area contributed by atoms with Crippen LogP contribution in [0, 0.1) is 17.2 Å². The van der Waals surface area contributed by atoms with Gasteiger partial charge >= 0.3 is 0 Å².